The topological polar surface area (TPSA) is 12.0 Å². The summed E-state index contributed by atoms with van der Waals surface area (Å²) >= 11 is 5.78. The van der Waals surface area contributed by atoms with Gasteiger partial charge in [-0.2, -0.15) is 0 Å². The molecule has 1 aromatic rings. The Kier molecular flexibility index (Phi) is 5.35. The number of nitrogens with one attached hydrogen (secondary N) is 1. The summed E-state index contributed by atoms with van der Waals surface area (Å²) in [6.07, 6.45) is 5.36. The maximum absolute atomic E-state index is 5.78. The molecule has 1 N–H and O–H groups in total. The molecular formula is C12H16ClN. The van der Waals surface area contributed by atoms with Crippen molar-refractivity contribution < 1.29 is 0 Å². The summed E-state index contributed by atoms with van der Waals surface area (Å²) in [5.74, 6) is 0. The van der Waals surface area contributed by atoms with Crippen molar-refractivity contribution in [1.82, 2.24) is 5.32 Å². The van der Waals surface area contributed by atoms with E-state index in [4.69, 9.17) is 11.6 Å². The summed E-state index contributed by atoms with van der Waals surface area (Å²) in [6.45, 7) is 4.19. The second-order valence-corrected chi connectivity index (χ2v) is 3.53. The van der Waals surface area contributed by atoms with Crippen LogP contribution in [0.25, 0.3) is 6.08 Å². The molecule has 1 rings (SSSR count). The Bertz CT molecular complexity index is 277. The van der Waals surface area contributed by atoms with Crippen LogP contribution >= 0.6 is 11.6 Å². The average molecular weight is 210 g/mol. The number of rotatable bonds is 5. The minimum atomic E-state index is 0.787. The lowest BCUT2D eigenvalue weighted by molar-refractivity contribution is 0.727. The van der Waals surface area contributed by atoms with Crippen molar-refractivity contribution in [2.45, 2.75) is 13.3 Å². The summed E-state index contributed by atoms with van der Waals surface area (Å²) in [5, 5.41) is 4.06. The molecule has 1 nitrogen and oxygen atoms in total. The van der Waals surface area contributed by atoms with Gasteiger partial charge in [-0.15, -0.1) is 0 Å². The Morgan fingerprint density at radius 1 is 1.29 bits per heavy atom. The predicted octanol–water partition coefficient (Wildman–Crippen LogP) is 3.35. The van der Waals surface area contributed by atoms with E-state index in [9.17, 15) is 0 Å². The molecule has 0 heterocycles. The SMILES string of the molecule is CCNCCC=Cc1ccc(Cl)cc1. The van der Waals surface area contributed by atoms with Crippen molar-refractivity contribution >= 4 is 17.7 Å². The van der Waals surface area contributed by atoms with E-state index in [0.717, 1.165) is 24.5 Å². The van der Waals surface area contributed by atoms with Gasteiger partial charge in [0.05, 0.1) is 0 Å². The second-order valence-electron chi connectivity index (χ2n) is 3.10. The second kappa shape index (κ2) is 6.63. The molecule has 0 bridgehead atoms. The number of hydrogen-bond acceptors (Lipinski definition) is 1. The molecule has 1 aromatic carbocycles. The van der Waals surface area contributed by atoms with E-state index in [2.05, 4.69) is 24.4 Å². The molecule has 0 atom stereocenters. The van der Waals surface area contributed by atoms with E-state index < -0.39 is 0 Å². The van der Waals surface area contributed by atoms with Gasteiger partial charge in [0.2, 0.25) is 0 Å². The van der Waals surface area contributed by atoms with E-state index in [1.165, 1.54) is 5.56 Å². The van der Waals surface area contributed by atoms with Gasteiger partial charge >= 0.3 is 0 Å². The van der Waals surface area contributed by atoms with E-state index in [0.29, 0.717) is 0 Å². The zero-order valence-corrected chi connectivity index (χ0v) is 9.22. The molecule has 0 aromatic heterocycles. The molecule has 0 saturated heterocycles. The zero-order chi connectivity index (χ0) is 10.2. The summed E-state index contributed by atoms with van der Waals surface area (Å²) in [5.41, 5.74) is 1.20. The highest BCUT2D eigenvalue weighted by Gasteiger charge is 1.87. The van der Waals surface area contributed by atoms with Crippen LogP contribution in [0.5, 0.6) is 0 Å². The Hall–Kier alpha value is -0.790. The third-order valence-electron chi connectivity index (χ3n) is 1.92. The van der Waals surface area contributed by atoms with Gasteiger partial charge in [-0.05, 0) is 37.2 Å². The van der Waals surface area contributed by atoms with Crippen LogP contribution in [0, 0.1) is 0 Å². The van der Waals surface area contributed by atoms with E-state index in [-0.39, 0.29) is 0 Å². The highest BCUT2D eigenvalue weighted by atomic mass is 35.5. The van der Waals surface area contributed by atoms with Gasteiger partial charge in [0.15, 0.2) is 0 Å². The van der Waals surface area contributed by atoms with E-state index >= 15 is 0 Å². The molecule has 14 heavy (non-hydrogen) atoms. The molecule has 0 aliphatic heterocycles. The first-order chi connectivity index (χ1) is 6.83. The Morgan fingerprint density at radius 2 is 2.00 bits per heavy atom. The standard InChI is InChI=1S/C12H16ClN/c1-2-14-10-4-3-5-11-6-8-12(13)9-7-11/h3,5-9,14H,2,4,10H2,1H3. The van der Waals surface area contributed by atoms with Crippen LogP contribution in [0.2, 0.25) is 5.02 Å². The summed E-state index contributed by atoms with van der Waals surface area (Å²) in [7, 11) is 0. The summed E-state index contributed by atoms with van der Waals surface area (Å²) in [6, 6.07) is 7.86. The molecule has 2 heteroatoms. The minimum absolute atomic E-state index is 0.787. The largest absolute Gasteiger partial charge is 0.317 e. The molecule has 0 radical (unpaired) electrons. The monoisotopic (exact) mass is 209 g/mol. The van der Waals surface area contributed by atoms with Gasteiger partial charge in [0, 0.05) is 5.02 Å². The normalized spacial score (nSPS) is 11.0. The van der Waals surface area contributed by atoms with Crippen molar-refractivity contribution in [2.24, 2.45) is 0 Å². The van der Waals surface area contributed by atoms with E-state index in [1.807, 2.05) is 24.3 Å². The molecule has 0 amide bonds. The maximum Gasteiger partial charge on any atom is 0.0406 e. The lowest BCUT2D eigenvalue weighted by Crippen LogP contribution is -2.12. The van der Waals surface area contributed by atoms with Gasteiger partial charge in [0.1, 0.15) is 0 Å². The van der Waals surface area contributed by atoms with Gasteiger partial charge in [-0.3, -0.25) is 0 Å². The third-order valence-corrected chi connectivity index (χ3v) is 2.17. The van der Waals surface area contributed by atoms with Crippen molar-refractivity contribution in [1.29, 1.82) is 0 Å². The third kappa shape index (κ3) is 4.45. The highest BCUT2D eigenvalue weighted by Crippen LogP contribution is 2.10. The first-order valence-corrected chi connectivity index (χ1v) is 5.33. The minimum Gasteiger partial charge on any atom is -0.317 e. The Balaban J connectivity index is 2.33. The lowest BCUT2D eigenvalue weighted by atomic mass is 10.2. The molecule has 0 spiro atoms. The molecule has 0 aliphatic rings. The summed E-state index contributed by atoms with van der Waals surface area (Å²) in [4.78, 5) is 0. The van der Waals surface area contributed by atoms with Crippen LogP contribution in [-0.4, -0.2) is 13.1 Å². The fraction of sp³-hybridized carbons (Fsp3) is 0.333. The van der Waals surface area contributed by atoms with Crippen LogP contribution < -0.4 is 5.32 Å². The highest BCUT2D eigenvalue weighted by molar-refractivity contribution is 6.30. The maximum atomic E-state index is 5.78. The fourth-order valence-electron chi connectivity index (χ4n) is 1.16. The summed E-state index contributed by atoms with van der Waals surface area (Å²) < 4.78 is 0. The van der Waals surface area contributed by atoms with Gasteiger partial charge in [-0.25, -0.2) is 0 Å². The van der Waals surface area contributed by atoms with Crippen LogP contribution in [0.1, 0.15) is 18.9 Å². The van der Waals surface area contributed by atoms with E-state index in [1.54, 1.807) is 0 Å². The fourth-order valence-corrected chi connectivity index (χ4v) is 1.28. The van der Waals surface area contributed by atoms with Gasteiger partial charge < -0.3 is 5.32 Å². The van der Waals surface area contributed by atoms with Gasteiger partial charge in [0.25, 0.3) is 0 Å². The Labute approximate surface area is 90.8 Å². The van der Waals surface area contributed by atoms with Crippen molar-refractivity contribution in [3.8, 4) is 0 Å². The van der Waals surface area contributed by atoms with Crippen molar-refractivity contribution in [3.05, 3.63) is 40.9 Å². The van der Waals surface area contributed by atoms with Crippen LogP contribution in [0.3, 0.4) is 0 Å². The van der Waals surface area contributed by atoms with Crippen molar-refractivity contribution in [2.75, 3.05) is 13.1 Å². The molecule has 0 fully saturated rings. The average Bonchev–Trinajstić information content (AvgIpc) is 2.21. The molecular weight excluding hydrogens is 194 g/mol. The number of halogens is 1. The molecule has 76 valence electrons. The quantitative estimate of drug-likeness (QED) is 0.734. The van der Waals surface area contributed by atoms with Crippen LogP contribution in [-0.2, 0) is 0 Å². The number of benzene rings is 1. The predicted molar refractivity (Wildman–Crippen MR) is 63.6 cm³/mol. The zero-order valence-electron chi connectivity index (χ0n) is 8.46. The van der Waals surface area contributed by atoms with Gasteiger partial charge in [-0.1, -0.05) is 42.8 Å². The van der Waals surface area contributed by atoms with Crippen LogP contribution in [0.4, 0.5) is 0 Å². The van der Waals surface area contributed by atoms with Crippen LogP contribution in [0.15, 0.2) is 30.3 Å². The van der Waals surface area contributed by atoms with Crippen molar-refractivity contribution in [3.63, 3.8) is 0 Å². The molecule has 0 saturated carbocycles. The molecule has 0 aliphatic carbocycles. The Morgan fingerprint density at radius 3 is 2.64 bits per heavy atom. The number of hydrogen-bond donors (Lipinski definition) is 1. The first-order valence-electron chi connectivity index (χ1n) is 4.95. The first kappa shape index (κ1) is 11.3. The molecule has 0 unspecified atom stereocenters. The smallest absolute Gasteiger partial charge is 0.0406 e. The lowest BCUT2D eigenvalue weighted by Gasteiger charge is -1.96.